The van der Waals surface area contributed by atoms with Crippen LogP contribution in [0.1, 0.15) is 20.8 Å². The lowest BCUT2D eigenvalue weighted by Gasteiger charge is -2.10. The SMILES string of the molecule is COc1ccc(C(=O)O)c(NC(=O)c2ccc(-c3ccnnc3)nn2)c1. The molecule has 0 aliphatic rings. The molecule has 0 saturated heterocycles. The Morgan fingerprint density at radius 3 is 2.54 bits per heavy atom. The molecule has 2 N–H and O–H groups in total. The van der Waals surface area contributed by atoms with Gasteiger partial charge in [-0.1, -0.05) is 0 Å². The fourth-order valence-corrected chi connectivity index (χ4v) is 2.18. The van der Waals surface area contributed by atoms with E-state index in [2.05, 4.69) is 25.7 Å². The van der Waals surface area contributed by atoms with Gasteiger partial charge in [0, 0.05) is 11.6 Å². The predicted molar refractivity (Wildman–Crippen MR) is 91.0 cm³/mol. The van der Waals surface area contributed by atoms with Gasteiger partial charge in [0.05, 0.1) is 36.4 Å². The van der Waals surface area contributed by atoms with Crippen LogP contribution < -0.4 is 10.1 Å². The number of benzene rings is 1. The lowest BCUT2D eigenvalue weighted by Crippen LogP contribution is -2.16. The number of ether oxygens (including phenoxy) is 1. The zero-order valence-electron chi connectivity index (χ0n) is 13.6. The lowest BCUT2D eigenvalue weighted by molar-refractivity contribution is 0.0698. The molecule has 2 aromatic heterocycles. The van der Waals surface area contributed by atoms with E-state index in [-0.39, 0.29) is 16.9 Å². The molecule has 9 nitrogen and oxygen atoms in total. The fourth-order valence-electron chi connectivity index (χ4n) is 2.18. The first-order valence-electron chi connectivity index (χ1n) is 7.42. The second kappa shape index (κ2) is 7.34. The quantitative estimate of drug-likeness (QED) is 0.713. The van der Waals surface area contributed by atoms with E-state index in [0.717, 1.165) is 0 Å². The number of rotatable bonds is 5. The van der Waals surface area contributed by atoms with Crippen LogP contribution in [0.2, 0.25) is 0 Å². The fraction of sp³-hybridized carbons (Fsp3) is 0.0588. The second-order valence-electron chi connectivity index (χ2n) is 5.11. The summed E-state index contributed by atoms with van der Waals surface area (Å²) in [6, 6.07) is 9.08. The maximum absolute atomic E-state index is 12.4. The standard InChI is InChI=1S/C17H13N5O4/c1-26-11-2-3-12(17(24)25)15(8-11)20-16(23)14-5-4-13(21-22-14)10-6-7-18-19-9-10/h2-9H,1H3,(H,20,23)(H,24,25). The van der Waals surface area contributed by atoms with E-state index in [9.17, 15) is 14.7 Å². The molecule has 0 radical (unpaired) electrons. The number of hydrogen-bond donors (Lipinski definition) is 2. The number of carbonyl (C=O) groups is 2. The second-order valence-corrected chi connectivity index (χ2v) is 5.11. The molecule has 0 atom stereocenters. The molecule has 0 spiro atoms. The third-order valence-electron chi connectivity index (χ3n) is 3.48. The van der Waals surface area contributed by atoms with Gasteiger partial charge in [-0.15, -0.1) is 10.2 Å². The molecule has 3 rings (SSSR count). The Morgan fingerprint density at radius 1 is 1.08 bits per heavy atom. The van der Waals surface area contributed by atoms with Crippen molar-refractivity contribution in [2.45, 2.75) is 0 Å². The summed E-state index contributed by atoms with van der Waals surface area (Å²) < 4.78 is 5.06. The number of aromatic carboxylic acids is 1. The zero-order chi connectivity index (χ0) is 18.5. The minimum absolute atomic E-state index is 0.0370. The van der Waals surface area contributed by atoms with Crippen molar-refractivity contribution in [3.8, 4) is 17.0 Å². The Balaban J connectivity index is 1.83. The third-order valence-corrected chi connectivity index (χ3v) is 3.48. The van der Waals surface area contributed by atoms with Crippen LogP contribution in [0.3, 0.4) is 0 Å². The number of hydrogen-bond acceptors (Lipinski definition) is 7. The van der Waals surface area contributed by atoms with Crippen LogP contribution in [0.25, 0.3) is 11.3 Å². The first-order chi connectivity index (χ1) is 12.6. The highest BCUT2D eigenvalue weighted by Crippen LogP contribution is 2.23. The van der Waals surface area contributed by atoms with Gasteiger partial charge >= 0.3 is 5.97 Å². The number of nitrogens with one attached hydrogen (secondary N) is 1. The molecule has 9 heteroatoms. The largest absolute Gasteiger partial charge is 0.497 e. The number of nitrogens with zero attached hydrogens (tertiary/aromatic N) is 4. The summed E-state index contributed by atoms with van der Waals surface area (Å²) in [6.07, 6.45) is 3.05. The maximum atomic E-state index is 12.4. The van der Waals surface area contributed by atoms with E-state index < -0.39 is 11.9 Å². The van der Waals surface area contributed by atoms with Crippen LogP contribution in [0, 0.1) is 0 Å². The molecule has 1 amide bonds. The molecule has 0 fully saturated rings. The van der Waals surface area contributed by atoms with E-state index >= 15 is 0 Å². The molecule has 26 heavy (non-hydrogen) atoms. The van der Waals surface area contributed by atoms with Gasteiger partial charge in [-0.2, -0.15) is 10.2 Å². The summed E-state index contributed by atoms with van der Waals surface area (Å²) in [5, 5.41) is 27.1. The maximum Gasteiger partial charge on any atom is 0.337 e. The van der Waals surface area contributed by atoms with Gasteiger partial charge in [-0.3, -0.25) is 4.79 Å². The Bertz CT molecular complexity index is 945. The highest BCUT2D eigenvalue weighted by Gasteiger charge is 2.16. The molecule has 2 heterocycles. The summed E-state index contributed by atoms with van der Waals surface area (Å²) in [5.74, 6) is -1.35. The molecule has 3 aromatic rings. The average molecular weight is 351 g/mol. The highest BCUT2D eigenvalue weighted by molar-refractivity contribution is 6.06. The minimum Gasteiger partial charge on any atom is -0.497 e. The van der Waals surface area contributed by atoms with E-state index in [1.807, 2.05) is 0 Å². The first kappa shape index (κ1) is 17.0. The number of methoxy groups -OCH3 is 1. The molecule has 130 valence electrons. The van der Waals surface area contributed by atoms with Gasteiger partial charge in [-0.25, -0.2) is 4.79 Å². The number of carboxylic acids is 1. The Hall–Kier alpha value is -3.88. The number of carboxylic acid groups (broad SMARTS) is 1. The Morgan fingerprint density at radius 2 is 1.92 bits per heavy atom. The van der Waals surface area contributed by atoms with Crippen LogP contribution in [0.4, 0.5) is 5.69 Å². The monoisotopic (exact) mass is 351 g/mol. The minimum atomic E-state index is -1.17. The molecule has 0 bridgehead atoms. The molecule has 0 saturated carbocycles. The van der Waals surface area contributed by atoms with E-state index in [0.29, 0.717) is 17.0 Å². The van der Waals surface area contributed by atoms with Crippen LogP contribution >= 0.6 is 0 Å². The summed E-state index contributed by atoms with van der Waals surface area (Å²) in [7, 11) is 1.44. The number of carbonyl (C=O) groups excluding carboxylic acids is 1. The van der Waals surface area contributed by atoms with Crippen LogP contribution in [-0.4, -0.2) is 44.5 Å². The highest BCUT2D eigenvalue weighted by atomic mass is 16.5. The molecule has 0 aliphatic carbocycles. The van der Waals surface area contributed by atoms with Crippen molar-refractivity contribution >= 4 is 17.6 Å². The summed E-state index contributed by atoms with van der Waals surface area (Å²) in [5.41, 5.74) is 1.32. The molecular formula is C17H13N5O4. The van der Waals surface area contributed by atoms with Crippen molar-refractivity contribution in [1.82, 2.24) is 20.4 Å². The van der Waals surface area contributed by atoms with Crippen molar-refractivity contribution < 1.29 is 19.4 Å². The lowest BCUT2D eigenvalue weighted by atomic mass is 10.1. The van der Waals surface area contributed by atoms with Crippen LogP contribution in [0.15, 0.2) is 48.8 Å². The van der Waals surface area contributed by atoms with Crippen molar-refractivity contribution in [1.29, 1.82) is 0 Å². The van der Waals surface area contributed by atoms with Crippen molar-refractivity contribution in [2.75, 3.05) is 12.4 Å². The molecule has 0 aliphatic heterocycles. The smallest absolute Gasteiger partial charge is 0.337 e. The third kappa shape index (κ3) is 3.61. The number of aromatic nitrogens is 4. The first-order valence-corrected chi connectivity index (χ1v) is 7.42. The predicted octanol–water partition coefficient (Wildman–Crippen LogP) is 1.89. The van der Waals surface area contributed by atoms with Crippen molar-refractivity contribution in [3.05, 3.63) is 60.0 Å². The summed E-state index contributed by atoms with van der Waals surface area (Å²) in [6.45, 7) is 0. The summed E-state index contributed by atoms with van der Waals surface area (Å²) in [4.78, 5) is 23.7. The zero-order valence-corrected chi connectivity index (χ0v) is 13.6. The van der Waals surface area contributed by atoms with E-state index in [1.54, 1.807) is 12.1 Å². The van der Waals surface area contributed by atoms with Crippen LogP contribution in [-0.2, 0) is 0 Å². The van der Waals surface area contributed by atoms with Crippen molar-refractivity contribution in [2.24, 2.45) is 0 Å². The molecule has 1 aromatic carbocycles. The molecular weight excluding hydrogens is 338 g/mol. The average Bonchev–Trinajstić information content (AvgIpc) is 2.68. The number of anilines is 1. The van der Waals surface area contributed by atoms with E-state index in [1.165, 1.54) is 43.8 Å². The Labute approximate surface area is 147 Å². The molecule has 0 unspecified atom stereocenters. The van der Waals surface area contributed by atoms with Crippen molar-refractivity contribution in [3.63, 3.8) is 0 Å². The van der Waals surface area contributed by atoms with Gasteiger partial charge in [0.2, 0.25) is 0 Å². The number of amides is 1. The van der Waals surface area contributed by atoms with Crippen LogP contribution in [0.5, 0.6) is 5.75 Å². The van der Waals surface area contributed by atoms with Gasteiger partial charge in [0.1, 0.15) is 5.75 Å². The summed E-state index contributed by atoms with van der Waals surface area (Å²) >= 11 is 0. The normalized spacial score (nSPS) is 10.2. The van der Waals surface area contributed by atoms with Gasteiger partial charge in [0.25, 0.3) is 5.91 Å². The Kier molecular flexibility index (Phi) is 4.79. The van der Waals surface area contributed by atoms with E-state index in [4.69, 9.17) is 4.74 Å². The van der Waals surface area contributed by atoms with Gasteiger partial charge < -0.3 is 15.2 Å². The topological polar surface area (TPSA) is 127 Å². The van der Waals surface area contributed by atoms with Gasteiger partial charge in [-0.05, 0) is 30.3 Å². The van der Waals surface area contributed by atoms with Gasteiger partial charge in [0.15, 0.2) is 5.69 Å².